The summed E-state index contributed by atoms with van der Waals surface area (Å²) < 4.78 is 10.2. The molecule has 0 bridgehead atoms. The Morgan fingerprint density at radius 3 is 2.94 bits per heavy atom. The highest BCUT2D eigenvalue weighted by Gasteiger charge is 2.01. The number of rotatable bonds is 7. The van der Waals surface area contributed by atoms with Gasteiger partial charge >= 0.3 is 5.97 Å². The van der Waals surface area contributed by atoms with Gasteiger partial charge in [-0.05, 0) is 25.5 Å². The molecule has 0 saturated carbocycles. The molecule has 4 heteroatoms. The van der Waals surface area contributed by atoms with Crippen molar-refractivity contribution in [3.8, 4) is 5.75 Å². The predicted octanol–water partition coefficient (Wildman–Crippen LogP) is 2.22. The molecule has 0 saturated heterocycles. The Kier molecular flexibility index (Phi) is 5.79. The minimum absolute atomic E-state index is 0.210. The summed E-state index contributed by atoms with van der Waals surface area (Å²) in [5.74, 6) is 0.427. The second-order valence-electron chi connectivity index (χ2n) is 3.45. The van der Waals surface area contributed by atoms with Crippen LogP contribution in [0.4, 0.5) is 0 Å². The largest absolute Gasteiger partial charge is 0.494 e. The van der Waals surface area contributed by atoms with E-state index in [9.17, 15) is 9.59 Å². The van der Waals surface area contributed by atoms with Crippen molar-refractivity contribution in [3.63, 3.8) is 0 Å². The Bertz CT molecular complexity index is 373. The Morgan fingerprint density at radius 1 is 1.41 bits per heavy atom. The molecule has 0 aromatic heterocycles. The zero-order valence-electron chi connectivity index (χ0n) is 9.85. The molecule has 0 aliphatic carbocycles. The SMILES string of the molecule is CCOC(=O)CCCOc1cccc(C=O)c1. The Morgan fingerprint density at radius 2 is 2.24 bits per heavy atom. The highest BCUT2D eigenvalue weighted by molar-refractivity contribution is 5.75. The maximum absolute atomic E-state index is 11.0. The van der Waals surface area contributed by atoms with Crippen molar-refractivity contribution in [1.82, 2.24) is 0 Å². The standard InChI is InChI=1S/C13H16O4/c1-2-16-13(15)7-4-8-17-12-6-3-5-11(9-12)10-14/h3,5-6,9-10H,2,4,7-8H2,1H3. The van der Waals surface area contributed by atoms with Gasteiger partial charge < -0.3 is 9.47 Å². The third-order valence-corrected chi connectivity index (χ3v) is 2.09. The van der Waals surface area contributed by atoms with E-state index >= 15 is 0 Å². The summed E-state index contributed by atoms with van der Waals surface area (Å²) in [5, 5.41) is 0. The maximum atomic E-state index is 11.0. The number of carbonyl (C=O) groups is 2. The minimum atomic E-state index is -0.210. The first kappa shape index (κ1) is 13.2. The molecule has 92 valence electrons. The third-order valence-electron chi connectivity index (χ3n) is 2.09. The monoisotopic (exact) mass is 236 g/mol. The van der Waals surface area contributed by atoms with Gasteiger partial charge in [0.15, 0.2) is 0 Å². The van der Waals surface area contributed by atoms with E-state index in [0.29, 0.717) is 37.4 Å². The summed E-state index contributed by atoms with van der Waals surface area (Å²) >= 11 is 0. The van der Waals surface area contributed by atoms with Gasteiger partial charge in [-0.2, -0.15) is 0 Å². The third kappa shape index (κ3) is 5.15. The number of benzene rings is 1. The number of hydrogen-bond donors (Lipinski definition) is 0. The van der Waals surface area contributed by atoms with Crippen molar-refractivity contribution in [3.05, 3.63) is 29.8 Å². The van der Waals surface area contributed by atoms with Crippen LogP contribution in [-0.4, -0.2) is 25.5 Å². The van der Waals surface area contributed by atoms with Gasteiger partial charge in [-0.25, -0.2) is 0 Å². The van der Waals surface area contributed by atoms with Crippen LogP contribution in [0.5, 0.6) is 5.75 Å². The van der Waals surface area contributed by atoms with Gasteiger partial charge in [0.05, 0.1) is 13.2 Å². The number of esters is 1. The first-order valence-corrected chi connectivity index (χ1v) is 5.60. The molecule has 0 aliphatic heterocycles. The van der Waals surface area contributed by atoms with Crippen molar-refractivity contribution in [2.75, 3.05) is 13.2 Å². The maximum Gasteiger partial charge on any atom is 0.305 e. The zero-order valence-corrected chi connectivity index (χ0v) is 9.85. The van der Waals surface area contributed by atoms with E-state index in [4.69, 9.17) is 9.47 Å². The molecule has 0 N–H and O–H groups in total. The zero-order chi connectivity index (χ0) is 12.5. The van der Waals surface area contributed by atoms with Crippen LogP contribution in [0, 0.1) is 0 Å². The molecule has 0 fully saturated rings. The molecule has 1 rings (SSSR count). The summed E-state index contributed by atoms with van der Waals surface area (Å²) in [6, 6.07) is 6.90. The molecule has 4 nitrogen and oxygen atoms in total. The van der Waals surface area contributed by atoms with E-state index in [1.807, 2.05) is 0 Å². The van der Waals surface area contributed by atoms with Crippen LogP contribution in [0.25, 0.3) is 0 Å². The highest BCUT2D eigenvalue weighted by Crippen LogP contribution is 2.12. The molecule has 0 radical (unpaired) electrons. The lowest BCUT2D eigenvalue weighted by Gasteiger charge is -2.06. The first-order valence-electron chi connectivity index (χ1n) is 5.60. The van der Waals surface area contributed by atoms with Gasteiger partial charge in [-0.15, -0.1) is 0 Å². The Labute approximate surface area is 101 Å². The van der Waals surface area contributed by atoms with Gasteiger partial charge in [0, 0.05) is 12.0 Å². The van der Waals surface area contributed by atoms with Crippen LogP contribution in [0.15, 0.2) is 24.3 Å². The van der Waals surface area contributed by atoms with Crippen LogP contribution in [0.1, 0.15) is 30.1 Å². The summed E-state index contributed by atoms with van der Waals surface area (Å²) in [6.07, 6.45) is 1.72. The average Bonchev–Trinajstić information content (AvgIpc) is 2.35. The van der Waals surface area contributed by atoms with Gasteiger partial charge in [-0.1, -0.05) is 12.1 Å². The molecular weight excluding hydrogens is 220 g/mol. The molecular formula is C13H16O4. The van der Waals surface area contributed by atoms with Crippen LogP contribution < -0.4 is 4.74 Å². The van der Waals surface area contributed by atoms with Crippen molar-refractivity contribution in [2.24, 2.45) is 0 Å². The Hall–Kier alpha value is -1.84. The van der Waals surface area contributed by atoms with Crippen molar-refractivity contribution < 1.29 is 19.1 Å². The smallest absolute Gasteiger partial charge is 0.305 e. The fourth-order valence-electron chi connectivity index (χ4n) is 1.32. The molecule has 1 aromatic carbocycles. The normalized spacial score (nSPS) is 9.71. The highest BCUT2D eigenvalue weighted by atomic mass is 16.5. The lowest BCUT2D eigenvalue weighted by molar-refractivity contribution is -0.143. The lowest BCUT2D eigenvalue weighted by atomic mass is 10.2. The van der Waals surface area contributed by atoms with Gasteiger partial charge in [0.1, 0.15) is 12.0 Å². The summed E-state index contributed by atoms with van der Waals surface area (Å²) in [6.45, 7) is 2.61. The van der Waals surface area contributed by atoms with Crippen molar-refractivity contribution in [1.29, 1.82) is 0 Å². The summed E-state index contributed by atoms with van der Waals surface area (Å²) in [5.41, 5.74) is 0.577. The van der Waals surface area contributed by atoms with Crippen molar-refractivity contribution >= 4 is 12.3 Å². The number of hydrogen-bond acceptors (Lipinski definition) is 4. The van der Waals surface area contributed by atoms with Crippen LogP contribution in [0.3, 0.4) is 0 Å². The molecule has 0 atom stereocenters. The molecule has 0 heterocycles. The number of carbonyl (C=O) groups excluding carboxylic acids is 2. The van der Waals surface area contributed by atoms with E-state index < -0.39 is 0 Å². The number of aldehydes is 1. The quantitative estimate of drug-likeness (QED) is 0.414. The second-order valence-corrected chi connectivity index (χ2v) is 3.45. The predicted molar refractivity (Wildman–Crippen MR) is 63.2 cm³/mol. The van der Waals surface area contributed by atoms with Gasteiger partial charge in [0.2, 0.25) is 0 Å². The molecule has 0 spiro atoms. The Balaban J connectivity index is 2.26. The fraction of sp³-hybridized carbons (Fsp3) is 0.385. The fourth-order valence-corrected chi connectivity index (χ4v) is 1.32. The minimum Gasteiger partial charge on any atom is -0.494 e. The first-order chi connectivity index (χ1) is 8.26. The average molecular weight is 236 g/mol. The van der Waals surface area contributed by atoms with Crippen LogP contribution >= 0.6 is 0 Å². The summed E-state index contributed by atoms with van der Waals surface area (Å²) in [7, 11) is 0. The number of ether oxygens (including phenoxy) is 2. The topological polar surface area (TPSA) is 52.6 Å². The van der Waals surface area contributed by atoms with E-state index in [0.717, 1.165) is 6.29 Å². The molecule has 0 amide bonds. The van der Waals surface area contributed by atoms with E-state index in [1.54, 1.807) is 31.2 Å². The molecule has 0 unspecified atom stereocenters. The van der Waals surface area contributed by atoms with Crippen LogP contribution in [0.2, 0.25) is 0 Å². The second kappa shape index (κ2) is 7.44. The van der Waals surface area contributed by atoms with Crippen molar-refractivity contribution in [2.45, 2.75) is 19.8 Å². The molecule has 0 aliphatic rings. The van der Waals surface area contributed by atoms with E-state index in [-0.39, 0.29) is 5.97 Å². The molecule has 1 aromatic rings. The van der Waals surface area contributed by atoms with Gasteiger partial charge in [-0.3, -0.25) is 9.59 Å². The van der Waals surface area contributed by atoms with Gasteiger partial charge in [0.25, 0.3) is 0 Å². The van der Waals surface area contributed by atoms with Crippen LogP contribution in [-0.2, 0) is 9.53 Å². The lowest BCUT2D eigenvalue weighted by Crippen LogP contribution is -2.06. The van der Waals surface area contributed by atoms with E-state index in [2.05, 4.69) is 0 Å². The molecule has 17 heavy (non-hydrogen) atoms. The van der Waals surface area contributed by atoms with E-state index in [1.165, 1.54) is 0 Å². The summed E-state index contributed by atoms with van der Waals surface area (Å²) in [4.78, 5) is 21.6.